The van der Waals surface area contributed by atoms with Gasteiger partial charge in [0, 0.05) is 30.7 Å². The van der Waals surface area contributed by atoms with Gasteiger partial charge in [0.05, 0.1) is 13.1 Å². The van der Waals surface area contributed by atoms with Crippen molar-refractivity contribution in [3.8, 4) is 5.75 Å². The Bertz CT molecular complexity index is 643. The largest absolute Gasteiger partial charge is 0.487 e. The summed E-state index contributed by atoms with van der Waals surface area (Å²) in [6, 6.07) is 7.29. The highest BCUT2D eigenvalue weighted by atomic mass is 35.5. The summed E-state index contributed by atoms with van der Waals surface area (Å²) in [5, 5.41) is 6.50. The van der Waals surface area contributed by atoms with Crippen LogP contribution >= 0.6 is 11.6 Å². The van der Waals surface area contributed by atoms with Crippen LogP contribution in [0.1, 0.15) is 19.8 Å². The van der Waals surface area contributed by atoms with Crippen LogP contribution in [0.5, 0.6) is 5.75 Å². The molecular weight excluding hydrogens is 356 g/mol. The highest BCUT2D eigenvalue weighted by Crippen LogP contribution is 2.22. The molecule has 0 atom stereocenters. The zero-order valence-corrected chi connectivity index (χ0v) is 15.7. The number of carbonyl (C=O) groups is 2. The Kier molecular flexibility index (Phi) is 6.08. The van der Waals surface area contributed by atoms with Crippen molar-refractivity contribution >= 4 is 23.7 Å². The van der Waals surface area contributed by atoms with Gasteiger partial charge in [-0.2, -0.15) is 0 Å². The van der Waals surface area contributed by atoms with Gasteiger partial charge in [0.15, 0.2) is 0 Å². The normalized spacial score (nSPS) is 18.2. The number of carbonyl (C=O) groups excluding carboxylic acids is 2. The van der Waals surface area contributed by atoms with Crippen LogP contribution in [0.4, 0.5) is 9.59 Å². The summed E-state index contributed by atoms with van der Waals surface area (Å²) in [6.07, 6.45) is 1.55. The molecule has 4 amide bonds. The minimum atomic E-state index is -0.0626. The van der Waals surface area contributed by atoms with Gasteiger partial charge in [0.25, 0.3) is 0 Å². The zero-order chi connectivity index (χ0) is 18.5. The van der Waals surface area contributed by atoms with Crippen LogP contribution in [-0.4, -0.2) is 66.7 Å². The SMILES string of the molecule is CCNC(=O)N1CCC(NC(=O)N2CC(Oc3cccc(Cl)c3)C2)CC1. The molecule has 2 saturated heterocycles. The first-order valence-corrected chi connectivity index (χ1v) is 9.43. The van der Waals surface area contributed by atoms with Crippen molar-refractivity contribution in [2.45, 2.75) is 31.9 Å². The van der Waals surface area contributed by atoms with Crippen molar-refractivity contribution in [2.24, 2.45) is 0 Å². The fourth-order valence-corrected chi connectivity index (χ4v) is 3.35. The quantitative estimate of drug-likeness (QED) is 0.841. The molecule has 0 spiro atoms. The van der Waals surface area contributed by atoms with E-state index in [0.717, 1.165) is 18.6 Å². The van der Waals surface area contributed by atoms with Crippen LogP contribution < -0.4 is 15.4 Å². The first-order chi connectivity index (χ1) is 12.5. The first-order valence-electron chi connectivity index (χ1n) is 9.05. The van der Waals surface area contributed by atoms with Gasteiger partial charge in [-0.15, -0.1) is 0 Å². The van der Waals surface area contributed by atoms with Crippen molar-refractivity contribution in [3.05, 3.63) is 29.3 Å². The van der Waals surface area contributed by atoms with Crippen molar-refractivity contribution in [1.82, 2.24) is 20.4 Å². The third-order valence-corrected chi connectivity index (χ3v) is 4.91. The molecule has 0 unspecified atom stereocenters. The Morgan fingerprint density at radius 1 is 1.19 bits per heavy atom. The highest BCUT2D eigenvalue weighted by molar-refractivity contribution is 6.30. The van der Waals surface area contributed by atoms with E-state index in [2.05, 4.69) is 10.6 Å². The van der Waals surface area contributed by atoms with E-state index in [1.165, 1.54) is 0 Å². The lowest BCUT2D eigenvalue weighted by Gasteiger charge is -2.40. The Balaban J connectivity index is 1.36. The standard InChI is InChI=1S/C18H25ClN4O3/c1-2-20-17(24)22-8-6-14(7-9-22)21-18(25)23-11-16(12-23)26-15-5-3-4-13(19)10-15/h3-5,10,14,16H,2,6-9,11-12H2,1H3,(H,20,24)(H,21,25). The summed E-state index contributed by atoms with van der Waals surface area (Å²) in [5.74, 6) is 0.722. The molecule has 2 aliphatic heterocycles. The Morgan fingerprint density at radius 3 is 2.58 bits per heavy atom. The maximum atomic E-state index is 12.3. The number of rotatable bonds is 4. The molecule has 0 aliphatic carbocycles. The van der Waals surface area contributed by atoms with Crippen LogP contribution in [0.15, 0.2) is 24.3 Å². The van der Waals surface area contributed by atoms with E-state index in [1.54, 1.807) is 21.9 Å². The predicted octanol–water partition coefficient (Wildman–Crippen LogP) is 2.31. The van der Waals surface area contributed by atoms with E-state index in [9.17, 15) is 9.59 Å². The smallest absolute Gasteiger partial charge is 0.317 e. The minimum absolute atomic E-state index is 0.00111. The molecule has 0 saturated carbocycles. The molecule has 0 bridgehead atoms. The second-order valence-corrected chi connectivity index (χ2v) is 7.08. The van der Waals surface area contributed by atoms with Crippen LogP contribution in [0.3, 0.4) is 0 Å². The van der Waals surface area contributed by atoms with Crippen LogP contribution in [-0.2, 0) is 0 Å². The number of hydrogen-bond acceptors (Lipinski definition) is 3. The average molecular weight is 381 g/mol. The van der Waals surface area contributed by atoms with Crippen molar-refractivity contribution in [1.29, 1.82) is 0 Å². The fourth-order valence-electron chi connectivity index (χ4n) is 3.17. The fraction of sp³-hybridized carbons (Fsp3) is 0.556. The molecule has 2 heterocycles. The third kappa shape index (κ3) is 4.72. The molecule has 0 aromatic heterocycles. The van der Waals surface area contributed by atoms with Gasteiger partial charge in [-0.25, -0.2) is 9.59 Å². The number of nitrogens with zero attached hydrogens (tertiary/aromatic N) is 2. The molecule has 7 nitrogen and oxygen atoms in total. The topological polar surface area (TPSA) is 73.9 Å². The lowest BCUT2D eigenvalue weighted by molar-refractivity contribution is 0.0426. The molecule has 142 valence electrons. The van der Waals surface area contributed by atoms with E-state index < -0.39 is 0 Å². The number of likely N-dealkylation sites (tertiary alicyclic amines) is 2. The number of benzene rings is 1. The van der Waals surface area contributed by atoms with Gasteiger partial charge >= 0.3 is 12.1 Å². The number of nitrogens with one attached hydrogen (secondary N) is 2. The van der Waals surface area contributed by atoms with Crippen LogP contribution in [0, 0.1) is 0 Å². The molecule has 1 aromatic carbocycles. The number of piperidine rings is 1. The van der Waals surface area contributed by atoms with Crippen molar-refractivity contribution in [3.63, 3.8) is 0 Å². The first kappa shape index (κ1) is 18.6. The van der Waals surface area contributed by atoms with Gasteiger partial charge in [-0.3, -0.25) is 0 Å². The summed E-state index contributed by atoms with van der Waals surface area (Å²) in [5.41, 5.74) is 0. The maximum Gasteiger partial charge on any atom is 0.317 e. The molecule has 2 aliphatic rings. The minimum Gasteiger partial charge on any atom is -0.487 e. The number of halogens is 1. The Hall–Kier alpha value is -2.15. The predicted molar refractivity (Wildman–Crippen MR) is 99.6 cm³/mol. The monoisotopic (exact) mass is 380 g/mol. The molecule has 3 rings (SSSR count). The number of ether oxygens (including phenoxy) is 1. The molecular formula is C18H25ClN4O3. The molecule has 2 fully saturated rings. The van der Waals surface area contributed by atoms with Crippen LogP contribution in [0.25, 0.3) is 0 Å². The number of amides is 4. The molecule has 2 N–H and O–H groups in total. The second-order valence-electron chi connectivity index (χ2n) is 6.65. The molecule has 0 radical (unpaired) electrons. The van der Waals surface area contributed by atoms with Crippen molar-refractivity contribution in [2.75, 3.05) is 32.7 Å². The van der Waals surface area contributed by atoms with Crippen molar-refractivity contribution < 1.29 is 14.3 Å². The maximum absolute atomic E-state index is 12.3. The summed E-state index contributed by atoms with van der Waals surface area (Å²) in [7, 11) is 0. The Labute approximate surface area is 158 Å². The zero-order valence-electron chi connectivity index (χ0n) is 14.9. The van der Waals surface area contributed by atoms with Gasteiger partial charge in [-0.1, -0.05) is 17.7 Å². The van der Waals surface area contributed by atoms with E-state index in [4.69, 9.17) is 16.3 Å². The summed E-state index contributed by atoms with van der Waals surface area (Å²) >= 11 is 5.94. The highest BCUT2D eigenvalue weighted by Gasteiger charge is 2.34. The number of urea groups is 2. The summed E-state index contributed by atoms with van der Waals surface area (Å²) in [6.45, 7) is 4.99. The van der Waals surface area contributed by atoms with Gasteiger partial charge < -0.3 is 25.2 Å². The van der Waals surface area contributed by atoms with Gasteiger partial charge in [-0.05, 0) is 38.0 Å². The molecule has 26 heavy (non-hydrogen) atoms. The molecule has 1 aromatic rings. The second kappa shape index (κ2) is 8.49. The lowest BCUT2D eigenvalue weighted by atomic mass is 10.1. The lowest BCUT2D eigenvalue weighted by Crippen LogP contribution is -2.60. The van der Waals surface area contributed by atoms with Crippen LogP contribution in [0.2, 0.25) is 5.02 Å². The average Bonchev–Trinajstić information content (AvgIpc) is 2.58. The third-order valence-electron chi connectivity index (χ3n) is 4.67. The van der Waals surface area contributed by atoms with E-state index in [1.807, 2.05) is 19.1 Å². The van der Waals surface area contributed by atoms with E-state index >= 15 is 0 Å². The summed E-state index contributed by atoms with van der Waals surface area (Å²) in [4.78, 5) is 27.6. The Morgan fingerprint density at radius 2 is 1.92 bits per heavy atom. The van der Waals surface area contributed by atoms with E-state index in [0.29, 0.717) is 37.7 Å². The van der Waals surface area contributed by atoms with E-state index in [-0.39, 0.29) is 24.2 Å². The van der Waals surface area contributed by atoms with Gasteiger partial charge in [0.2, 0.25) is 0 Å². The molecule has 8 heteroatoms. The summed E-state index contributed by atoms with van der Waals surface area (Å²) < 4.78 is 5.81. The number of hydrogen-bond donors (Lipinski definition) is 2. The van der Waals surface area contributed by atoms with Gasteiger partial charge in [0.1, 0.15) is 11.9 Å².